The summed E-state index contributed by atoms with van der Waals surface area (Å²) >= 11 is 0. The average molecular weight is 384 g/mol. The van der Waals surface area contributed by atoms with E-state index in [-0.39, 0.29) is 24.4 Å². The normalized spacial score (nSPS) is 18.0. The van der Waals surface area contributed by atoms with E-state index in [0.717, 1.165) is 18.8 Å². The van der Waals surface area contributed by atoms with Crippen molar-refractivity contribution in [3.05, 3.63) is 47.7 Å². The molecule has 150 valence electrons. The first-order chi connectivity index (χ1) is 13.5. The van der Waals surface area contributed by atoms with Crippen LogP contribution in [0.1, 0.15) is 11.3 Å². The Morgan fingerprint density at radius 3 is 2.61 bits per heavy atom. The molecule has 1 aliphatic heterocycles. The molecule has 8 heteroatoms. The summed E-state index contributed by atoms with van der Waals surface area (Å²) in [7, 11) is 3.46. The van der Waals surface area contributed by atoms with Gasteiger partial charge < -0.3 is 10.6 Å². The van der Waals surface area contributed by atoms with Crippen LogP contribution in [0.4, 0.5) is 5.82 Å². The molecule has 1 aliphatic rings. The highest BCUT2D eigenvalue weighted by molar-refractivity contribution is 5.92. The van der Waals surface area contributed by atoms with Crippen molar-refractivity contribution in [1.82, 2.24) is 24.9 Å². The van der Waals surface area contributed by atoms with Crippen LogP contribution in [-0.4, -0.2) is 70.7 Å². The van der Waals surface area contributed by atoms with Gasteiger partial charge >= 0.3 is 0 Å². The lowest BCUT2D eigenvalue weighted by atomic mass is 10.1. The van der Waals surface area contributed by atoms with E-state index in [1.54, 1.807) is 11.7 Å². The highest BCUT2D eigenvalue weighted by atomic mass is 16.2. The molecule has 2 amide bonds. The number of rotatable bonds is 6. The molecule has 0 saturated carbocycles. The predicted octanol–water partition coefficient (Wildman–Crippen LogP) is 0.599. The number of carbonyl (C=O) groups excluding carboxylic acids is 2. The summed E-state index contributed by atoms with van der Waals surface area (Å²) in [5, 5.41) is 9.80. The first kappa shape index (κ1) is 20.0. The zero-order valence-electron chi connectivity index (χ0n) is 16.7. The Morgan fingerprint density at radius 1 is 1.21 bits per heavy atom. The molecular formula is C20H28N6O2. The fraction of sp³-hybridized carbons (Fsp3) is 0.450. The highest BCUT2D eigenvalue weighted by Crippen LogP contribution is 2.14. The monoisotopic (exact) mass is 384 g/mol. The van der Waals surface area contributed by atoms with Gasteiger partial charge in [0.05, 0.1) is 6.54 Å². The Balaban J connectivity index is 1.61. The lowest BCUT2D eigenvalue weighted by molar-refractivity contribution is -0.130. The quantitative estimate of drug-likeness (QED) is 0.762. The lowest BCUT2D eigenvalue weighted by Gasteiger charge is -2.40. The van der Waals surface area contributed by atoms with Crippen molar-refractivity contribution in [2.24, 2.45) is 7.05 Å². The molecular weight excluding hydrogens is 356 g/mol. The number of hydrogen-bond donors (Lipinski definition) is 2. The van der Waals surface area contributed by atoms with E-state index in [1.807, 2.05) is 43.1 Å². The molecule has 0 radical (unpaired) electrons. The highest BCUT2D eigenvalue weighted by Gasteiger charge is 2.33. The SMILES string of the molecule is CNC(=O)[C@@H]1CN(Cc2ccccc2)CCN1CC(=O)Nc1cc(C)n(C)n1. The number of aromatic nitrogens is 2. The third kappa shape index (κ3) is 4.96. The number of likely N-dealkylation sites (N-methyl/N-ethyl adjacent to an activating group) is 1. The van der Waals surface area contributed by atoms with Crippen molar-refractivity contribution in [2.75, 3.05) is 38.5 Å². The van der Waals surface area contributed by atoms with E-state index < -0.39 is 0 Å². The van der Waals surface area contributed by atoms with Crippen molar-refractivity contribution in [1.29, 1.82) is 0 Å². The van der Waals surface area contributed by atoms with Crippen molar-refractivity contribution in [3.8, 4) is 0 Å². The number of hydrogen-bond acceptors (Lipinski definition) is 5. The Labute approximate surface area is 165 Å². The van der Waals surface area contributed by atoms with Crippen LogP contribution >= 0.6 is 0 Å². The van der Waals surface area contributed by atoms with Gasteiger partial charge in [-0.3, -0.25) is 24.1 Å². The minimum absolute atomic E-state index is 0.0701. The van der Waals surface area contributed by atoms with E-state index in [9.17, 15) is 9.59 Å². The molecule has 1 atom stereocenters. The van der Waals surface area contributed by atoms with Gasteiger partial charge in [-0.25, -0.2) is 0 Å². The Kier molecular flexibility index (Phi) is 6.43. The van der Waals surface area contributed by atoms with Crippen molar-refractivity contribution in [2.45, 2.75) is 19.5 Å². The van der Waals surface area contributed by atoms with Crippen LogP contribution in [0.25, 0.3) is 0 Å². The minimum atomic E-state index is -0.362. The Bertz CT molecular complexity index is 800. The molecule has 8 nitrogen and oxygen atoms in total. The summed E-state index contributed by atoms with van der Waals surface area (Å²) < 4.78 is 1.71. The second-order valence-corrected chi connectivity index (χ2v) is 7.16. The number of aryl methyl sites for hydroxylation is 2. The number of nitrogens with zero attached hydrogens (tertiary/aromatic N) is 4. The zero-order valence-corrected chi connectivity index (χ0v) is 16.7. The number of benzene rings is 1. The smallest absolute Gasteiger partial charge is 0.239 e. The summed E-state index contributed by atoms with van der Waals surface area (Å²) in [6.07, 6.45) is 0. The first-order valence-corrected chi connectivity index (χ1v) is 9.48. The van der Waals surface area contributed by atoms with Crippen LogP contribution < -0.4 is 10.6 Å². The fourth-order valence-electron chi connectivity index (χ4n) is 3.46. The summed E-state index contributed by atoms with van der Waals surface area (Å²) in [5.74, 6) is 0.298. The molecule has 3 rings (SSSR count). The van der Waals surface area contributed by atoms with E-state index in [0.29, 0.717) is 18.9 Å². The van der Waals surface area contributed by atoms with Crippen LogP contribution in [0.15, 0.2) is 36.4 Å². The maximum atomic E-state index is 12.5. The van der Waals surface area contributed by atoms with E-state index >= 15 is 0 Å². The fourth-order valence-corrected chi connectivity index (χ4v) is 3.46. The Morgan fingerprint density at radius 2 is 1.96 bits per heavy atom. The molecule has 1 aromatic heterocycles. The van der Waals surface area contributed by atoms with Gasteiger partial charge in [0, 0.05) is 52.0 Å². The molecule has 0 aliphatic carbocycles. The van der Waals surface area contributed by atoms with Gasteiger partial charge in [0.1, 0.15) is 6.04 Å². The molecule has 0 bridgehead atoms. The second-order valence-electron chi connectivity index (χ2n) is 7.16. The van der Waals surface area contributed by atoms with E-state index in [2.05, 4.69) is 32.8 Å². The number of piperazine rings is 1. The summed E-state index contributed by atoms with van der Waals surface area (Å²) in [4.78, 5) is 29.1. The second kappa shape index (κ2) is 8.99. The minimum Gasteiger partial charge on any atom is -0.358 e. The molecule has 1 aromatic carbocycles. The number of amides is 2. The molecule has 2 heterocycles. The lowest BCUT2D eigenvalue weighted by Crippen LogP contribution is -2.59. The van der Waals surface area contributed by atoms with Crippen LogP contribution in [-0.2, 0) is 23.2 Å². The first-order valence-electron chi connectivity index (χ1n) is 9.48. The number of anilines is 1. The third-order valence-electron chi connectivity index (χ3n) is 5.10. The Hall–Kier alpha value is -2.71. The maximum absolute atomic E-state index is 12.5. The molecule has 1 fully saturated rings. The topological polar surface area (TPSA) is 82.5 Å². The van der Waals surface area contributed by atoms with Crippen molar-refractivity contribution >= 4 is 17.6 Å². The molecule has 2 N–H and O–H groups in total. The van der Waals surface area contributed by atoms with E-state index in [4.69, 9.17) is 0 Å². The standard InChI is InChI=1S/C20H28N6O2/c1-15-11-18(23-24(15)3)22-19(27)14-26-10-9-25(13-17(26)20(28)21-2)12-16-7-5-4-6-8-16/h4-8,11,17H,9-10,12-14H2,1-3H3,(H,21,28)(H,22,23,27)/t17-/m0/s1. The van der Waals surface area contributed by atoms with Crippen LogP contribution in [0, 0.1) is 6.92 Å². The van der Waals surface area contributed by atoms with Gasteiger partial charge in [-0.1, -0.05) is 30.3 Å². The molecule has 28 heavy (non-hydrogen) atoms. The van der Waals surface area contributed by atoms with Crippen LogP contribution in [0.5, 0.6) is 0 Å². The van der Waals surface area contributed by atoms with Crippen molar-refractivity contribution in [3.63, 3.8) is 0 Å². The molecule has 0 unspecified atom stereocenters. The van der Waals surface area contributed by atoms with Gasteiger partial charge in [-0.2, -0.15) is 5.10 Å². The van der Waals surface area contributed by atoms with Gasteiger partial charge in [0.2, 0.25) is 11.8 Å². The molecule has 0 spiro atoms. The van der Waals surface area contributed by atoms with Gasteiger partial charge in [0.25, 0.3) is 0 Å². The average Bonchev–Trinajstić information content (AvgIpc) is 3.00. The van der Waals surface area contributed by atoms with Gasteiger partial charge in [0.15, 0.2) is 5.82 Å². The van der Waals surface area contributed by atoms with Crippen LogP contribution in [0.2, 0.25) is 0 Å². The van der Waals surface area contributed by atoms with Crippen LogP contribution in [0.3, 0.4) is 0 Å². The number of carbonyl (C=O) groups is 2. The van der Waals surface area contributed by atoms with E-state index in [1.165, 1.54) is 5.56 Å². The summed E-state index contributed by atoms with van der Waals surface area (Å²) in [5.41, 5.74) is 2.18. The number of nitrogens with one attached hydrogen (secondary N) is 2. The summed E-state index contributed by atoms with van der Waals surface area (Å²) in [6.45, 7) is 4.92. The van der Waals surface area contributed by atoms with Gasteiger partial charge in [-0.05, 0) is 12.5 Å². The largest absolute Gasteiger partial charge is 0.358 e. The van der Waals surface area contributed by atoms with Gasteiger partial charge in [-0.15, -0.1) is 0 Å². The third-order valence-corrected chi connectivity index (χ3v) is 5.10. The summed E-state index contributed by atoms with van der Waals surface area (Å²) in [6, 6.07) is 11.7. The maximum Gasteiger partial charge on any atom is 0.239 e. The molecule has 1 saturated heterocycles. The predicted molar refractivity (Wildman–Crippen MR) is 108 cm³/mol. The molecule has 2 aromatic rings. The van der Waals surface area contributed by atoms with Crippen molar-refractivity contribution < 1.29 is 9.59 Å². The zero-order chi connectivity index (χ0) is 20.1.